The quantitative estimate of drug-likeness (QED) is 0.553. The predicted molar refractivity (Wildman–Crippen MR) is 107 cm³/mol. The Kier molecular flexibility index (Phi) is 6.15. The molecule has 0 amide bonds. The van der Waals surface area contributed by atoms with Gasteiger partial charge in [0.05, 0.1) is 8.80 Å². The average molecular weight is 337 g/mol. The van der Waals surface area contributed by atoms with Crippen molar-refractivity contribution >= 4 is 31.5 Å². The van der Waals surface area contributed by atoms with Crippen LogP contribution in [0.5, 0.6) is 0 Å². The van der Waals surface area contributed by atoms with Crippen LogP contribution in [0, 0.1) is 0 Å². The Balaban J connectivity index is 2.44. The molecule has 0 saturated carbocycles. The SMILES string of the molecule is C=Cc1ccc(C(=O)c2ccc(N(CC)CC)cc2[Si](C)C)cc1. The molecule has 0 aromatic heterocycles. The van der Waals surface area contributed by atoms with Crippen molar-refractivity contribution in [1.29, 1.82) is 0 Å². The van der Waals surface area contributed by atoms with Gasteiger partial charge in [-0.05, 0) is 42.8 Å². The van der Waals surface area contributed by atoms with Crippen molar-refractivity contribution in [3.63, 3.8) is 0 Å². The lowest BCUT2D eigenvalue weighted by Gasteiger charge is -2.23. The molecule has 2 aromatic rings. The first-order valence-corrected chi connectivity index (χ1v) is 11.0. The molecule has 0 unspecified atom stereocenters. The van der Waals surface area contributed by atoms with E-state index in [-0.39, 0.29) is 5.78 Å². The molecule has 125 valence electrons. The second-order valence-corrected chi connectivity index (χ2v) is 8.60. The molecule has 1 radical (unpaired) electrons. The Bertz CT molecular complexity index is 715. The minimum atomic E-state index is -0.741. The fourth-order valence-electron chi connectivity index (χ4n) is 2.86. The fourth-order valence-corrected chi connectivity index (χ4v) is 4.03. The monoisotopic (exact) mass is 336 g/mol. The lowest BCUT2D eigenvalue weighted by atomic mass is 10.0. The average Bonchev–Trinajstić information content (AvgIpc) is 2.62. The molecule has 3 heteroatoms. The minimum Gasteiger partial charge on any atom is -0.372 e. The van der Waals surface area contributed by atoms with Gasteiger partial charge in [0.25, 0.3) is 0 Å². The summed E-state index contributed by atoms with van der Waals surface area (Å²) in [6.07, 6.45) is 1.79. The third-order valence-corrected chi connectivity index (χ3v) is 5.81. The molecule has 0 aliphatic heterocycles. The van der Waals surface area contributed by atoms with Gasteiger partial charge in [0.1, 0.15) is 0 Å². The summed E-state index contributed by atoms with van der Waals surface area (Å²) in [7, 11) is -0.741. The van der Waals surface area contributed by atoms with Crippen molar-refractivity contribution in [1.82, 2.24) is 0 Å². The Morgan fingerprint density at radius 3 is 2.21 bits per heavy atom. The molecule has 0 saturated heterocycles. The molecular formula is C21H26NOSi. The van der Waals surface area contributed by atoms with E-state index in [9.17, 15) is 4.79 Å². The number of benzene rings is 2. The van der Waals surface area contributed by atoms with E-state index >= 15 is 0 Å². The Morgan fingerprint density at radius 1 is 1.08 bits per heavy atom. The summed E-state index contributed by atoms with van der Waals surface area (Å²) in [4.78, 5) is 15.3. The lowest BCUT2D eigenvalue weighted by molar-refractivity contribution is 0.104. The second-order valence-electron chi connectivity index (χ2n) is 6.06. The Hall–Kier alpha value is -2.13. The van der Waals surface area contributed by atoms with E-state index in [1.807, 2.05) is 30.3 Å². The van der Waals surface area contributed by atoms with Crippen LogP contribution >= 0.6 is 0 Å². The predicted octanol–water partition coefficient (Wildman–Crippen LogP) is 4.37. The molecule has 0 N–H and O–H groups in total. The molecule has 0 heterocycles. The third-order valence-electron chi connectivity index (χ3n) is 4.32. The number of hydrogen-bond donors (Lipinski definition) is 0. The van der Waals surface area contributed by atoms with E-state index in [1.54, 1.807) is 6.08 Å². The van der Waals surface area contributed by atoms with Crippen LogP contribution in [0.1, 0.15) is 35.3 Å². The molecular weight excluding hydrogens is 310 g/mol. The van der Waals surface area contributed by atoms with Crippen molar-refractivity contribution in [2.24, 2.45) is 0 Å². The minimum absolute atomic E-state index is 0.109. The van der Waals surface area contributed by atoms with Gasteiger partial charge in [-0.2, -0.15) is 0 Å². The highest BCUT2D eigenvalue weighted by molar-refractivity contribution is 6.72. The maximum Gasteiger partial charge on any atom is 0.192 e. The number of carbonyl (C=O) groups excluding carboxylic acids is 1. The summed E-state index contributed by atoms with van der Waals surface area (Å²) in [6.45, 7) is 14.5. The standard InChI is InChI=1S/C21H26NOSi/c1-6-16-9-11-17(12-10-16)21(23)19-14-13-18(22(7-2)8-3)15-20(19)24(4)5/h6,9-15H,1,7-8H2,2-5H3. The third kappa shape index (κ3) is 3.85. The van der Waals surface area contributed by atoms with E-state index in [0.717, 1.165) is 29.8 Å². The zero-order valence-electron chi connectivity index (χ0n) is 15.1. The van der Waals surface area contributed by atoms with Crippen LogP contribution in [-0.4, -0.2) is 27.7 Å². The van der Waals surface area contributed by atoms with Crippen LogP contribution in [0.3, 0.4) is 0 Å². The summed E-state index contributed by atoms with van der Waals surface area (Å²) in [6, 6.07) is 13.9. The maximum absolute atomic E-state index is 13.0. The van der Waals surface area contributed by atoms with E-state index in [2.05, 4.69) is 50.6 Å². The first-order chi connectivity index (χ1) is 11.5. The molecule has 0 aliphatic carbocycles. The van der Waals surface area contributed by atoms with Gasteiger partial charge in [-0.25, -0.2) is 0 Å². The van der Waals surface area contributed by atoms with E-state index < -0.39 is 8.80 Å². The number of nitrogens with zero attached hydrogens (tertiary/aromatic N) is 1. The van der Waals surface area contributed by atoms with Crippen LogP contribution in [0.4, 0.5) is 5.69 Å². The highest BCUT2D eigenvalue weighted by Crippen LogP contribution is 2.17. The molecule has 2 aromatic carbocycles. The van der Waals surface area contributed by atoms with Crippen molar-refractivity contribution in [2.45, 2.75) is 26.9 Å². The summed E-state index contributed by atoms with van der Waals surface area (Å²) in [5.74, 6) is 0.109. The van der Waals surface area contributed by atoms with Gasteiger partial charge in [0, 0.05) is 29.9 Å². The van der Waals surface area contributed by atoms with Gasteiger partial charge < -0.3 is 4.90 Å². The van der Waals surface area contributed by atoms with Gasteiger partial charge in [0.15, 0.2) is 5.78 Å². The number of rotatable bonds is 7. The first-order valence-electron chi connectivity index (χ1n) is 8.48. The molecule has 2 rings (SSSR count). The molecule has 2 nitrogen and oxygen atoms in total. The summed E-state index contributed by atoms with van der Waals surface area (Å²) < 4.78 is 0. The molecule has 0 spiro atoms. The van der Waals surface area contributed by atoms with Crippen LogP contribution < -0.4 is 10.1 Å². The van der Waals surface area contributed by atoms with E-state index in [0.29, 0.717) is 0 Å². The zero-order chi connectivity index (χ0) is 17.7. The second kappa shape index (κ2) is 8.11. The van der Waals surface area contributed by atoms with Gasteiger partial charge in [-0.3, -0.25) is 4.79 Å². The van der Waals surface area contributed by atoms with Gasteiger partial charge in [0.2, 0.25) is 0 Å². The van der Waals surface area contributed by atoms with Crippen molar-refractivity contribution < 1.29 is 4.79 Å². The summed E-state index contributed by atoms with van der Waals surface area (Å²) in [5, 5.41) is 1.21. The topological polar surface area (TPSA) is 20.3 Å². The number of ketones is 1. The summed E-state index contributed by atoms with van der Waals surface area (Å²) >= 11 is 0. The number of carbonyl (C=O) groups is 1. The van der Waals surface area contributed by atoms with E-state index in [1.165, 1.54) is 10.9 Å². The normalized spacial score (nSPS) is 10.7. The number of hydrogen-bond acceptors (Lipinski definition) is 2. The lowest BCUT2D eigenvalue weighted by Crippen LogP contribution is -2.31. The van der Waals surface area contributed by atoms with Crippen molar-refractivity contribution in [2.75, 3.05) is 18.0 Å². The molecule has 0 bridgehead atoms. The molecule has 24 heavy (non-hydrogen) atoms. The Morgan fingerprint density at radius 2 is 1.71 bits per heavy atom. The fraction of sp³-hybridized carbons (Fsp3) is 0.286. The van der Waals surface area contributed by atoms with Crippen LogP contribution in [0.25, 0.3) is 6.08 Å². The highest BCUT2D eigenvalue weighted by atomic mass is 28.3. The molecule has 0 atom stereocenters. The number of anilines is 1. The van der Waals surface area contributed by atoms with Crippen molar-refractivity contribution in [3.05, 3.63) is 65.7 Å². The molecule has 0 aliphatic rings. The zero-order valence-corrected chi connectivity index (χ0v) is 16.1. The highest BCUT2D eigenvalue weighted by Gasteiger charge is 2.18. The van der Waals surface area contributed by atoms with Crippen LogP contribution in [0.15, 0.2) is 49.0 Å². The maximum atomic E-state index is 13.0. The smallest absolute Gasteiger partial charge is 0.192 e. The van der Waals surface area contributed by atoms with Crippen LogP contribution in [-0.2, 0) is 0 Å². The van der Waals surface area contributed by atoms with Gasteiger partial charge in [-0.1, -0.05) is 50.0 Å². The van der Waals surface area contributed by atoms with E-state index in [4.69, 9.17) is 0 Å². The summed E-state index contributed by atoms with van der Waals surface area (Å²) in [5.41, 5.74) is 3.82. The molecule has 0 fully saturated rings. The first kappa shape index (κ1) is 18.2. The van der Waals surface area contributed by atoms with Crippen molar-refractivity contribution in [3.8, 4) is 0 Å². The van der Waals surface area contributed by atoms with Gasteiger partial charge >= 0.3 is 0 Å². The Labute approximate surface area is 147 Å². The largest absolute Gasteiger partial charge is 0.372 e. The van der Waals surface area contributed by atoms with Gasteiger partial charge in [-0.15, -0.1) is 0 Å². The van der Waals surface area contributed by atoms with Crippen LogP contribution in [0.2, 0.25) is 13.1 Å².